The molecule has 1 aromatic carbocycles. The molecule has 0 saturated carbocycles. The van der Waals surface area contributed by atoms with E-state index in [1.807, 2.05) is 24.1 Å². The standard InChI is InChI=1S/C17H24N4O2/c1-21-9-6-16(22)20-14-10-13(2-3-15(14)21)17(23)19-8-5-12-4-7-18-11-12/h2-3,10,12,18H,4-9,11H2,1H3,(H,19,23)(H,20,22). The number of rotatable bonds is 4. The third-order valence-corrected chi connectivity index (χ3v) is 4.62. The van der Waals surface area contributed by atoms with E-state index in [4.69, 9.17) is 0 Å². The Hall–Kier alpha value is -2.08. The average Bonchev–Trinajstić information content (AvgIpc) is 3.01. The van der Waals surface area contributed by atoms with Crippen LogP contribution in [-0.2, 0) is 4.79 Å². The molecule has 0 radical (unpaired) electrons. The van der Waals surface area contributed by atoms with Crippen molar-refractivity contribution in [2.45, 2.75) is 19.3 Å². The minimum absolute atomic E-state index is 0.0121. The maximum Gasteiger partial charge on any atom is 0.251 e. The Bertz CT molecular complexity index is 596. The number of anilines is 2. The van der Waals surface area contributed by atoms with Crippen molar-refractivity contribution in [3.63, 3.8) is 0 Å². The molecule has 6 heteroatoms. The molecule has 124 valence electrons. The molecule has 23 heavy (non-hydrogen) atoms. The number of carbonyl (C=O) groups excluding carboxylic acids is 2. The molecule has 0 aliphatic carbocycles. The molecule has 0 bridgehead atoms. The molecule has 2 heterocycles. The zero-order valence-electron chi connectivity index (χ0n) is 13.5. The van der Waals surface area contributed by atoms with Gasteiger partial charge < -0.3 is 20.9 Å². The van der Waals surface area contributed by atoms with Gasteiger partial charge in [0.15, 0.2) is 0 Å². The largest absolute Gasteiger partial charge is 0.372 e. The number of benzene rings is 1. The van der Waals surface area contributed by atoms with Crippen molar-refractivity contribution < 1.29 is 9.59 Å². The monoisotopic (exact) mass is 316 g/mol. The topological polar surface area (TPSA) is 73.5 Å². The van der Waals surface area contributed by atoms with Gasteiger partial charge in [0, 0.05) is 32.1 Å². The van der Waals surface area contributed by atoms with Gasteiger partial charge in [-0.15, -0.1) is 0 Å². The molecule has 1 atom stereocenters. The van der Waals surface area contributed by atoms with Crippen LogP contribution < -0.4 is 20.9 Å². The molecular formula is C17H24N4O2. The van der Waals surface area contributed by atoms with E-state index in [0.717, 1.165) is 25.2 Å². The van der Waals surface area contributed by atoms with E-state index < -0.39 is 0 Å². The van der Waals surface area contributed by atoms with Crippen LogP contribution in [0, 0.1) is 5.92 Å². The zero-order chi connectivity index (χ0) is 16.2. The highest BCUT2D eigenvalue weighted by Crippen LogP contribution is 2.28. The fraction of sp³-hybridized carbons (Fsp3) is 0.529. The molecule has 6 nitrogen and oxygen atoms in total. The second-order valence-corrected chi connectivity index (χ2v) is 6.36. The Labute approximate surface area is 136 Å². The summed E-state index contributed by atoms with van der Waals surface area (Å²) in [6.07, 6.45) is 2.65. The summed E-state index contributed by atoms with van der Waals surface area (Å²) in [5.74, 6) is 0.567. The normalized spacial score (nSPS) is 20.7. The van der Waals surface area contributed by atoms with Crippen molar-refractivity contribution in [2.24, 2.45) is 5.92 Å². The highest BCUT2D eigenvalue weighted by atomic mass is 16.2. The van der Waals surface area contributed by atoms with Crippen molar-refractivity contribution in [1.82, 2.24) is 10.6 Å². The molecule has 1 unspecified atom stereocenters. The van der Waals surface area contributed by atoms with Crippen LogP contribution in [0.2, 0.25) is 0 Å². The molecule has 2 aliphatic heterocycles. The molecule has 2 amide bonds. The fourth-order valence-electron chi connectivity index (χ4n) is 3.17. The van der Waals surface area contributed by atoms with E-state index in [2.05, 4.69) is 16.0 Å². The molecule has 3 N–H and O–H groups in total. The second kappa shape index (κ2) is 7.00. The third kappa shape index (κ3) is 3.82. The van der Waals surface area contributed by atoms with Crippen LogP contribution in [0.15, 0.2) is 18.2 Å². The third-order valence-electron chi connectivity index (χ3n) is 4.62. The number of fused-ring (bicyclic) bond motifs is 1. The van der Waals surface area contributed by atoms with Crippen molar-refractivity contribution in [3.8, 4) is 0 Å². The molecule has 0 spiro atoms. The minimum Gasteiger partial charge on any atom is -0.372 e. The molecule has 1 saturated heterocycles. The predicted octanol–water partition coefficient (Wildman–Crippen LogP) is 1.19. The molecule has 2 aliphatic rings. The Balaban J connectivity index is 1.63. The molecular weight excluding hydrogens is 292 g/mol. The summed E-state index contributed by atoms with van der Waals surface area (Å²) >= 11 is 0. The van der Waals surface area contributed by atoms with Gasteiger partial charge in [-0.25, -0.2) is 0 Å². The van der Waals surface area contributed by atoms with Gasteiger partial charge in [-0.3, -0.25) is 9.59 Å². The van der Waals surface area contributed by atoms with Gasteiger partial charge in [0.1, 0.15) is 0 Å². The highest BCUT2D eigenvalue weighted by Gasteiger charge is 2.19. The van der Waals surface area contributed by atoms with Crippen LogP contribution in [0.3, 0.4) is 0 Å². The number of carbonyl (C=O) groups is 2. The van der Waals surface area contributed by atoms with Gasteiger partial charge in [-0.2, -0.15) is 0 Å². The first-order chi connectivity index (χ1) is 11.1. The second-order valence-electron chi connectivity index (χ2n) is 6.36. The lowest BCUT2D eigenvalue weighted by Gasteiger charge is -2.18. The predicted molar refractivity (Wildman–Crippen MR) is 90.9 cm³/mol. The van der Waals surface area contributed by atoms with Crippen LogP contribution >= 0.6 is 0 Å². The van der Waals surface area contributed by atoms with E-state index in [9.17, 15) is 9.59 Å². The summed E-state index contributed by atoms with van der Waals surface area (Å²) in [7, 11) is 1.95. The SMILES string of the molecule is CN1CCC(=O)Nc2cc(C(=O)NCCC3CCNC3)ccc21. The van der Waals surface area contributed by atoms with Gasteiger partial charge in [-0.1, -0.05) is 0 Å². The average molecular weight is 316 g/mol. The maximum absolute atomic E-state index is 12.3. The lowest BCUT2D eigenvalue weighted by atomic mass is 10.1. The van der Waals surface area contributed by atoms with E-state index in [1.165, 1.54) is 6.42 Å². The van der Waals surface area contributed by atoms with Gasteiger partial charge in [0.25, 0.3) is 5.91 Å². The molecule has 3 rings (SSSR count). The van der Waals surface area contributed by atoms with Gasteiger partial charge >= 0.3 is 0 Å². The number of nitrogens with zero attached hydrogens (tertiary/aromatic N) is 1. The summed E-state index contributed by atoms with van der Waals surface area (Å²) in [4.78, 5) is 26.1. The van der Waals surface area contributed by atoms with Gasteiger partial charge in [0.05, 0.1) is 11.4 Å². The highest BCUT2D eigenvalue weighted by molar-refractivity contribution is 6.00. The molecule has 1 aromatic rings. The summed E-state index contributed by atoms with van der Waals surface area (Å²) in [6.45, 7) is 3.50. The first-order valence-corrected chi connectivity index (χ1v) is 8.27. The van der Waals surface area contributed by atoms with E-state index in [0.29, 0.717) is 36.7 Å². The van der Waals surface area contributed by atoms with Crippen LogP contribution in [0.5, 0.6) is 0 Å². The van der Waals surface area contributed by atoms with Crippen molar-refractivity contribution in [3.05, 3.63) is 23.8 Å². The Kier molecular flexibility index (Phi) is 4.81. The summed E-state index contributed by atoms with van der Waals surface area (Å²) in [5.41, 5.74) is 2.25. The van der Waals surface area contributed by atoms with Gasteiger partial charge in [-0.05, 0) is 50.0 Å². The number of hydrogen-bond acceptors (Lipinski definition) is 4. The van der Waals surface area contributed by atoms with Crippen LogP contribution in [-0.4, -0.2) is 45.0 Å². The van der Waals surface area contributed by atoms with E-state index in [1.54, 1.807) is 6.07 Å². The first-order valence-electron chi connectivity index (χ1n) is 8.27. The Morgan fingerprint density at radius 1 is 1.43 bits per heavy atom. The minimum atomic E-state index is -0.0834. The summed E-state index contributed by atoms with van der Waals surface area (Å²) < 4.78 is 0. The van der Waals surface area contributed by atoms with Crippen molar-refractivity contribution >= 4 is 23.2 Å². The molecule has 0 aromatic heterocycles. The van der Waals surface area contributed by atoms with E-state index in [-0.39, 0.29) is 11.8 Å². The Morgan fingerprint density at radius 2 is 2.30 bits per heavy atom. The van der Waals surface area contributed by atoms with Gasteiger partial charge in [0.2, 0.25) is 5.91 Å². The van der Waals surface area contributed by atoms with E-state index >= 15 is 0 Å². The fourth-order valence-corrected chi connectivity index (χ4v) is 3.17. The lowest BCUT2D eigenvalue weighted by Crippen LogP contribution is -2.26. The maximum atomic E-state index is 12.3. The first kappa shape index (κ1) is 15.8. The van der Waals surface area contributed by atoms with Crippen LogP contribution in [0.4, 0.5) is 11.4 Å². The van der Waals surface area contributed by atoms with Crippen molar-refractivity contribution in [2.75, 3.05) is 43.4 Å². The smallest absolute Gasteiger partial charge is 0.251 e. The quantitative estimate of drug-likeness (QED) is 0.780. The summed E-state index contributed by atoms with van der Waals surface area (Å²) in [6, 6.07) is 5.48. The number of nitrogens with one attached hydrogen (secondary N) is 3. The number of amides is 2. The molecule has 1 fully saturated rings. The van der Waals surface area contributed by atoms with Crippen LogP contribution in [0.1, 0.15) is 29.6 Å². The van der Waals surface area contributed by atoms with Crippen LogP contribution in [0.25, 0.3) is 0 Å². The Morgan fingerprint density at radius 3 is 3.09 bits per heavy atom. The van der Waals surface area contributed by atoms with Crippen molar-refractivity contribution in [1.29, 1.82) is 0 Å². The summed E-state index contributed by atoms with van der Waals surface area (Å²) in [5, 5.41) is 9.19. The zero-order valence-corrected chi connectivity index (χ0v) is 13.5. The lowest BCUT2D eigenvalue weighted by molar-refractivity contribution is -0.115. The number of hydrogen-bond donors (Lipinski definition) is 3.